The molecule has 4 aromatic heterocycles. The second kappa shape index (κ2) is 24.1. The maximum absolute atomic E-state index is 14.6. The van der Waals surface area contributed by atoms with Gasteiger partial charge in [-0.25, -0.2) is 28.3 Å². The summed E-state index contributed by atoms with van der Waals surface area (Å²) in [6.45, 7) is 4.99. The number of nitrogens with zero attached hydrogens (tertiary/aromatic N) is 5. The molecule has 25 heteroatoms. The fraction of sp³-hybridized carbons (Fsp3) is 0.286. The Balaban J connectivity index is 0.000000196. The number of nitrogens with one attached hydrogen (secondary N) is 3. The zero-order valence-electron chi connectivity index (χ0n) is 37.9. The van der Waals surface area contributed by atoms with Crippen LogP contribution in [0.25, 0.3) is 43.9 Å². The van der Waals surface area contributed by atoms with E-state index >= 15 is 0 Å². The first-order valence-electron chi connectivity index (χ1n) is 22.2. The third-order valence-electron chi connectivity index (χ3n) is 11.1. The first-order chi connectivity index (χ1) is 35.0. The maximum atomic E-state index is 14.6. The summed E-state index contributed by atoms with van der Waals surface area (Å²) in [7, 11) is 0. The maximum Gasteiger partial charge on any atom is 0.439 e. The van der Waals surface area contributed by atoms with E-state index in [1.54, 1.807) is 6.07 Å². The van der Waals surface area contributed by atoms with Crippen LogP contribution in [0.1, 0.15) is 70.2 Å². The molecular formula is C49H44F8N8O7S2. The van der Waals surface area contributed by atoms with Gasteiger partial charge in [0.1, 0.15) is 52.1 Å². The number of carbonyl (C=O) groups excluding carboxylic acids is 1. The number of carbonyl (C=O) groups is 1. The number of thiazole rings is 2. The number of ether oxygens (including phenoxy) is 2. The standard InChI is InChI=1S/C24H20F4N4O3S.C20H11F4N3O4S.C4H9N.CH4/c25-18-11-16(7-8-17(18)21-30-23(33)35-31-21)34-13-20-19(12-32-9-1-2-10-32)29-22(36-20)14-3-5-15(6-4-14)24(26,27)28;21-14-7-12(5-6-13(14)17-26-19(29)31-27-17)30-9-16-15(8-28)25-18(32-16)10-1-3-11(4-2-10)20(22,23)24;1-2-4-5-3-1;/h3-8,11H,1-2,9-10,12-13H2,(H,30,31,33);1-8H,9H2,(H,26,27,29);5H,1-4H2;1H4. The van der Waals surface area contributed by atoms with Crippen molar-refractivity contribution >= 4 is 29.0 Å². The molecule has 15 nitrogen and oxygen atoms in total. The molecule has 0 spiro atoms. The topological polar surface area (TPSA) is 194 Å². The van der Waals surface area contributed by atoms with E-state index in [-0.39, 0.29) is 60.6 Å². The van der Waals surface area contributed by atoms with Crippen LogP contribution < -0.4 is 26.3 Å². The summed E-state index contributed by atoms with van der Waals surface area (Å²) in [5.74, 6) is -2.69. The average Bonchev–Trinajstić information content (AvgIpc) is 4.24. The highest BCUT2D eigenvalue weighted by Crippen LogP contribution is 2.36. The van der Waals surface area contributed by atoms with E-state index in [2.05, 4.69) is 44.5 Å². The summed E-state index contributed by atoms with van der Waals surface area (Å²) in [5.41, 5.74) is 0.398. The molecule has 0 bridgehead atoms. The summed E-state index contributed by atoms with van der Waals surface area (Å²) in [4.78, 5) is 50.4. The summed E-state index contributed by atoms with van der Waals surface area (Å²) in [6.07, 6.45) is -3.38. The molecule has 2 fully saturated rings. The molecule has 6 heterocycles. The Morgan fingerprint density at radius 3 is 1.50 bits per heavy atom. The summed E-state index contributed by atoms with van der Waals surface area (Å²) in [6, 6.07) is 17.3. The van der Waals surface area contributed by atoms with Crippen molar-refractivity contribution in [3.63, 3.8) is 0 Å². The Morgan fingerprint density at radius 1 is 0.635 bits per heavy atom. The highest BCUT2D eigenvalue weighted by atomic mass is 32.1. The number of aldehydes is 1. The van der Waals surface area contributed by atoms with Gasteiger partial charge in [0, 0.05) is 29.8 Å². The lowest BCUT2D eigenvalue weighted by molar-refractivity contribution is -0.138. The Morgan fingerprint density at radius 2 is 1.09 bits per heavy atom. The van der Waals surface area contributed by atoms with Crippen molar-refractivity contribution in [2.75, 3.05) is 26.2 Å². The van der Waals surface area contributed by atoms with E-state index in [1.807, 2.05) is 0 Å². The first-order valence-corrected chi connectivity index (χ1v) is 23.8. The van der Waals surface area contributed by atoms with Crippen molar-refractivity contribution in [1.29, 1.82) is 0 Å². The second-order valence-electron chi connectivity index (χ2n) is 16.2. The van der Waals surface area contributed by atoms with Gasteiger partial charge >= 0.3 is 23.9 Å². The average molecular weight is 1070 g/mol. The molecule has 3 N–H and O–H groups in total. The van der Waals surface area contributed by atoms with E-state index in [9.17, 15) is 49.5 Å². The molecular weight excluding hydrogens is 1030 g/mol. The third kappa shape index (κ3) is 14.0. The quantitative estimate of drug-likeness (QED) is 0.0730. The largest absolute Gasteiger partial charge is 0.488 e. The van der Waals surface area contributed by atoms with Crippen LogP contribution in [0.4, 0.5) is 35.1 Å². The number of alkyl halides is 6. The summed E-state index contributed by atoms with van der Waals surface area (Å²) in [5, 5.41) is 11.1. The summed E-state index contributed by atoms with van der Waals surface area (Å²) < 4.78 is 126. The van der Waals surface area contributed by atoms with Gasteiger partial charge in [0.05, 0.1) is 37.7 Å². The van der Waals surface area contributed by atoms with Crippen LogP contribution in [0, 0.1) is 11.6 Å². The van der Waals surface area contributed by atoms with Gasteiger partial charge in [0.25, 0.3) is 0 Å². The Kier molecular flexibility index (Phi) is 17.7. The second-order valence-corrected chi connectivity index (χ2v) is 18.3. The molecule has 0 amide bonds. The van der Waals surface area contributed by atoms with Crippen molar-refractivity contribution in [1.82, 2.24) is 40.5 Å². The Hall–Kier alpha value is -7.35. The van der Waals surface area contributed by atoms with E-state index < -0.39 is 46.6 Å². The van der Waals surface area contributed by atoms with Crippen molar-refractivity contribution in [2.24, 2.45) is 0 Å². The van der Waals surface area contributed by atoms with Crippen LogP contribution in [-0.4, -0.2) is 67.6 Å². The molecule has 0 aliphatic carbocycles. The highest BCUT2D eigenvalue weighted by molar-refractivity contribution is 7.15. The van der Waals surface area contributed by atoms with Gasteiger partial charge in [-0.2, -0.15) is 26.3 Å². The minimum atomic E-state index is -4.46. The van der Waals surface area contributed by atoms with Gasteiger partial charge in [-0.1, -0.05) is 42.0 Å². The van der Waals surface area contributed by atoms with Crippen molar-refractivity contribution in [3.05, 3.63) is 150 Å². The lowest BCUT2D eigenvalue weighted by Gasteiger charge is -2.14. The SMILES string of the molecule is C.C1CCNC1.O=Cc1nc(-c2ccc(C(F)(F)F)cc2)sc1COc1ccc(-c2noc(=O)[nH]2)c(F)c1.O=c1[nH]c(-c2ccc(OCc3sc(-c4ccc(C(F)(F)F)cc4)nc3CN3CCCC3)cc2F)no1. The lowest BCUT2D eigenvalue weighted by Crippen LogP contribution is -2.19. The smallest absolute Gasteiger partial charge is 0.439 e. The van der Waals surface area contributed by atoms with Crippen molar-refractivity contribution in [3.8, 4) is 55.4 Å². The van der Waals surface area contributed by atoms with Crippen LogP contribution in [0.15, 0.2) is 104 Å². The van der Waals surface area contributed by atoms with Gasteiger partial charge in [-0.15, -0.1) is 22.7 Å². The fourth-order valence-corrected chi connectivity index (χ4v) is 9.29. The molecule has 4 aromatic carbocycles. The van der Waals surface area contributed by atoms with E-state index in [1.165, 1.54) is 85.8 Å². The van der Waals surface area contributed by atoms with Crippen LogP contribution >= 0.6 is 22.7 Å². The molecule has 0 unspecified atom stereocenters. The van der Waals surface area contributed by atoms with Gasteiger partial charge in [-0.3, -0.25) is 28.7 Å². The normalized spacial score (nSPS) is 13.6. The molecule has 390 valence electrons. The van der Waals surface area contributed by atoms with E-state index in [0.717, 1.165) is 78.2 Å². The number of benzene rings is 4. The van der Waals surface area contributed by atoms with Gasteiger partial charge < -0.3 is 14.8 Å². The number of rotatable bonds is 13. The molecule has 10 rings (SSSR count). The zero-order chi connectivity index (χ0) is 51.7. The van der Waals surface area contributed by atoms with Gasteiger partial charge in [-0.05, 0) is 100 Å². The fourth-order valence-electron chi connectivity index (χ4n) is 7.35. The molecule has 0 radical (unpaired) electrons. The number of aromatic amines is 2. The minimum absolute atomic E-state index is 0. The molecule has 2 aliphatic rings. The monoisotopic (exact) mass is 1070 g/mol. The molecule has 74 heavy (non-hydrogen) atoms. The van der Waals surface area contributed by atoms with Crippen LogP contribution in [0.3, 0.4) is 0 Å². The van der Waals surface area contributed by atoms with Crippen LogP contribution in [0.2, 0.25) is 0 Å². The predicted octanol–water partition coefficient (Wildman–Crippen LogP) is 11.2. The number of hydrogen-bond acceptors (Lipinski definition) is 15. The number of H-pyrrole nitrogens is 2. The lowest BCUT2D eigenvalue weighted by atomic mass is 10.1. The van der Waals surface area contributed by atoms with Crippen molar-refractivity contribution < 1.29 is 58.4 Å². The number of likely N-dealkylation sites (tertiary alicyclic amines) is 1. The first kappa shape index (κ1) is 54.4. The Bertz CT molecular complexity index is 3240. The van der Waals surface area contributed by atoms with Gasteiger partial charge in [0.15, 0.2) is 17.9 Å². The van der Waals surface area contributed by atoms with E-state index in [0.29, 0.717) is 38.9 Å². The zero-order valence-corrected chi connectivity index (χ0v) is 39.5. The Labute approximate surface area is 423 Å². The molecule has 2 saturated heterocycles. The molecule has 2 aliphatic heterocycles. The number of aromatic nitrogens is 6. The van der Waals surface area contributed by atoms with Crippen molar-refractivity contribution in [2.45, 2.75) is 65.2 Å². The molecule has 8 aromatic rings. The summed E-state index contributed by atoms with van der Waals surface area (Å²) >= 11 is 2.41. The van der Waals surface area contributed by atoms with E-state index in [4.69, 9.17) is 14.5 Å². The number of hydrogen-bond donors (Lipinski definition) is 3. The predicted molar refractivity (Wildman–Crippen MR) is 258 cm³/mol. The van der Waals surface area contributed by atoms with Crippen LogP contribution in [0.5, 0.6) is 11.5 Å². The molecule has 0 atom stereocenters. The third-order valence-corrected chi connectivity index (χ3v) is 13.3. The highest BCUT2D eigenvalue weighted by Gasteiger charge is 2.31. The number of halogens is 8. The van der Waals surface area contributed by atoms with Crippen LogP contribution in [-0.2, 0) is 32.1 Å². The van der Waals surface area contributed by atoms with Gasteiger partial charge in [0.2, 0.25) is 0 Å². The minimum Gasteiger partial charge on any atom is -0.488 e. The molecule has 0 saturated carbocycles.